The van der Waals surface area contributed by atoms with E-state index in [2.05, 4.69) is 24.9 Å². The second kappa shape index (κ2) is 6.12. The molecule has 2 N–H and O–H groups in total. The van der Waals surface area contributed by atoms with Gasteiger partial charge in [-0.05, 0) is 37.5 Å². The number of rotatable bonds is 5. The Morgan fingerprint density at radius 3 is 2.69 bits per heavy atom. The van der Waals surface area contributed by atoms with E-state index in [9.17, 15) is 0 Å². The minimum Gasteiger partial charge on any atom is -0.374 e. The minimum atomic E-state index is 0.133. The van der Waals surface area contributed by atoms with Crippen molar-refractivity contribution in [2.45, 2.75) is 32.7 Å². The third-order valence-corrected chi connectivity index (χ3v) is 2.94. The Morgan fingerprint density at radius 2 is 2.12 bits per heavy atom. The number of halogens is 1. The van der Waals surface area contributed by atoms with Crippen LogP contribution in [0, 0.1) is 0 Å². The van der Waals surface area contributed by atoms with Crippen LogP contribution in [0.4, 0.5) is 5.69 Å². The topological polar surface area (TPSA) is 29.3 Å². The summed E-state index contributed by atoms with van der Waals surface area (Å²) in [5.74, 6) is 0. The van der Waals surface area contributed by atoms with Gasteiger partial charge in [-0.3, -0.25) is 0 Å². The number of benzene rings is 1. The molecule has 1 unspecified atom stereocenters. The van der Waals surface area contributed by atoms with Crippen LogP contribution < -0.4 is 10.6 Å². The first-order chi connectivity index (χ1) is 7.56. The van der Waals surface area contributed by atoms with Crippen LogP contribution in [0.3, 0.4) is 0 Å². The highest BCUT2D eigenvalue weighted by Crippen LogP contribution is 2.28. The van der Waals surface area contributed by atoms with Crippen LogP contribution in [-0.4, -0.2) is 19.6 Å². The van der Waals surface area contributed by atoms with Crippen molar-refractivity contribution in [3.05, 3.63) is 28.8 Å². The lowest BCUT2D eigenvalue weighted by Gasteiger charge is -2.23. The molecular weight excluding hydrogens is 220 g/mol. The molecule has 1 atom stereocenters. The van der Waals surface area contributed by atoms with E-state index in [0.717, 1.165) is 30.0 Å². The van der Waals surface area contributed by atoms with Gasteiger partial charge in [-0.25, -0.2) is 0 Å². The van der Waals surface area contributed by atoms with E-state index in [1.54, 1.807) is 0 Å². The van der Waals surface area contributed by atoms with Crippen LogP contribution in [-0.2, 0) is 6.42 Å². The van der Waals surface area contributed by atoms with Gasteiger partial charge in [-0.1, -0.05) is 24.6 Å². The SMILES string of the molecule is CCCN(C)c1cccc(Cl)c1CC(C)N. The maximum atomic E-state index is 6.24. The van der Waals surface area contributed by atoms with Gasteiger partial charge in [-0.2, -0.15) is 0 Å². The van der Waals surface area contributed by atoms with Gasteiger partial charge in [0.1, 0.15) is 0 Å². The average molecular weight is 241 g/mol. The van der Waals surface area contributed by atoms with E-state index in [-0.39, 0.29) is 6.04 Å². The predicted octanol–water partition coefficient (Wildman–Crippen LogP) is 3.08. The second-order valence-electron chi connectivity index (χ2n) is 4.34. The molecule has 0 aromatic heterocycles. The third kappa shape index (κ3) is 3.39. The predicted molar refractivity (Wildman–Crippen MR) is 72.4 cm³/mol. The molecule has 1 rings (SSSR count). The lowest BCUT2D eigenvalue weighted by molar-refractivity contribution is 0.733. The first kappa shape index (κ1) is 13.3. The van der Waals surface area contributed by atoms with Crippen molar-refractivity contribution in [3.63, 3.8) is 0 Å². The van der Waals surface area contributed by atoms with Crippen LogP contribution in [0.2, 0.25) is 5.02 Å². The van der Waals surface area contributed by atoms with Gasteiger partial charge < -0.3 is 10.6 Å². The van der Waals surface area contributed by atoms with Gasteiger partial charge in [0.05, 0.1) is 0 Å². The lowest BCUT2D eigenvalue weighted by atomic mass is 10.0. The van der Waals surface area contributed by atoms with Crippen molar-refractivity contribution in [2.75, 3.05) is 18.5 Å². The quantitative estimate of drug-likeness (QED) is 0.857. The Morgan fingerprint density at radius 1 is 1.44 bits per heavy atom. The first-order valence-corrected chi connectivity index (χ1v) is 6.18. The number of hydrogen-bond donors (Lipinski definition) is 1. The van der Waals surface area contributed by atoms with Crippen molar-refractivity contribution in [3.8, 4) is 0 Å². The van der Waals surface area contributed by atoms with Crippen molar-refractivity contribution in [1.82, 2.24) is 0 Å². The van der Waals surface area contributed by atoms with Crippen LogP contribution in [0.5, 0.6) is 0 Å². The smallest absolute Gasteiger partial charge is 0.0459 e. The van der Waals surface area contributed by atoms with Gasteiger partial charge in [0.2, 0.25) is 0 Å². The van der Waals surface area contributed by atoms with Gasteiger partial charge in [0.15, 0.2) is 0 Å². The molecule has 0 aliphatic rings. The highest BCUT2D eigenvalue weighted by atomic mass is 35.5. The molecule has 1 aromatic rings. The molecule has 1 aromatic carbocycles. The van der Waals surface area contributed by atoms with Gasteiger partial charge >= 0.3 is 0 Å². The second-order valence-corrected chi connectivity index (χ2v) is 4.75. The normalized spacial score (nSPS) is 12.6. The maximum absolute atomic E-state index is 6.24. The number of nitrogens with zero attached hydrogens (tertiary/aromatic N) is 1. The Labute approximate surface area is 103 Å². The monoisotopic (exact) mass is 240 g/mol. The van der Waals surface area contributed by atoms with E-state index in [1.165, 1.54) is 5.69 Å². The van der Waals surface area contributed by atoms with Crippen molar-refractivity contribution in [2.24, 2.45) is 5.73 Å². The van der Waals surface area contributed by atoms with E-state index in [0.29, 0.717) is 0 Å². The summed E-state index contributed by atoms with van der Waals surface area (Å²) in [6.45, 7) is 5.21. The molecule has 2 nitrogen and oxygen atoms in total. The molecule has 0 amide bonds. The standard InChI is InChI=1S/C13H21ClN2/c1-4-8-16(3)13-7-5-6-12(14)11(13)9-10(2)15/h5-7,10H,4,8-9,15H2,1-3H3. The molecule has 0 heterocycles. The fraction of sp³-hybridized carbons (Fsp3) is 0.538. The minimum absolute atomic E-state index is 0.133. The number of anilines is 1. The number of hydrogen-bond acceptors (Lipinski definition) is 2. The van der Waals surface area contributed by atoms with Crippen LogP contribution in [0.15, 0.2) is 18.2 Å². The van der Waals surface area contributed by atoms with Crippen molar-refractivity contribution in [1.29, 1.82) is 0 Å². The molecule has 0 fully saturated rings. The fourth-order valence-corrected chi connectivity index (χ4v) is 2.13. The largest absolute Gasteiger partial charge is 0.374 e. The summed E-state index contributed by atoms with van der Waals surface area (Å²) in [4.78, 5) is 2.24. The average Bonchev–Trinajstić information content (AvgIpc) is 2.20. The van der Waals surface area contributed by atoms with Crippen molar-refractivity contribution >= 4 is 17.3 Å². The summed E-state index contributed by atoms with van der Waals surface area (Å²) in [6, 6.07) is 6.17. The highest BCUT2D eigenvalue weighted by molar-refractivity contribution is 6.31. The molecule has 0 radical (unpaired) electrons. The zero-order chi connectivity index (χ0) is 12.1. The zero-order valence-electron chi connectivity index (χ0n) is 10.3. The van der Waals surface area contributed by atoms with Crippen LogP contribution in [0.1, 0.15) is 25.8 Å². The van der Waals surface area contributed by atoms with E-state index >= 15 is 0 Å². The van der Waals surface area contributed by atoms with E-state index in [1.807, 2.05) is 19.1 Å². The molecule has 3 heteroatoms. The molecule has 0 bridgehead atoms. The van der Waals surface area contributed by atoms with Gasteiger partial charge in [0.25, 0.3) is 0 Å². The maximum Gasteiger partial charge on any atom is 0.0459 e. The molecule has 90 valence electrons. The van der Waals surface area contributed by atoms with E-state index < -0.39 is 0 Å². The zero-order valence-corrected chi connectivity index (χ0v) is 11.1. The van der Waals surface area contributed by atoms with Gasteiger partial charge in [0, 0.05) is 30.3 Å². The summed E-state index contributed by atoms with van der Waals surface area (Å²) >= 11 is 6.24. The van der Waals surface area contributed by atoms with Crippen molar-refractivity contribution < 1.29 is 0 Å². The Bertz CT molecular complexity index is 337. The lowest BCUT2D eigenvalue weighted by Crippen LogP contribution is -2.23. The summed E-state index contributed by atoms with van der Waals surface area (Å²) in [5.41, 5.74) is 8.22. The summed E-state index contributed by atoms with van der Waals surface area (Å²) < 4.78 is 0. The third-order valence-electron chi connectivity index (χ3n) is 2.59. The molecule has 0 aliphatic heterocycles. The Hall–Kier alpha value is -0.730. The summed E-state index contributed by atoms with van der Waals surface area (Å²) in [5, 5.41) is 0.817. The molecule has 0 spiro atoms. The van der Waals surface area contributed by atoms with E-state index in [4.69, 9.17) is 17.3 Å². The molecule has 0 saturated heterocycles. The highest BCUT2D eigenvalue weighted by Gasteiger charge is 2.11. The van der Waals surface area contributed by atoms with Crippen LogP contribution in [0.25, 0.3) is 0 Å². The number of nitrogens with two attached hydrogens (primary N) is 1. The Balaban J connectivity index is 3.02. The van der Waals surface area contributed by atoms with Crippen LogP contribution >= 0.6 is 11.6 Å². The molecular formula is C13H21ClN2. The fourth-order valence-electron chi connectivity index (χ4n) is 1.88. The summed E-state index contributed by atoms with van der Waals surface area (Å²) in [7, 11) is 2.10. The first-order valence-electron chi connectivity index (χ1n) is 5.80. The molecule has 16 heavy (non-hydrogen) atoms. The molecule has 0 saturated carbocycles. The molecule has 0 aliphatic carbocycles. The van der Waals surface area contributed by atoms with Gasteiger partial charge in [-0.15, -0.1) is 0 Å². The Kier molecular flexibility index (Phi) is 5.10. The summed E-state index contributed by atoms with van der Waals surface area (Å²) in [6.07, 6.45) is 1.95.